The molecule has 0 aromatic heterocycles. The van der Waals surface area contributed by atoms with E-state index in [1.54, 1.807) is 0 Å². The number of hydrogen-bond donors (Lipinski definition) is 5. The number of nitrogens with one attached hydrogen (secondary N) is 3. The van der Waals surface area contributed by atoms with Crippen LogP contribution in [0.4, 0.5) is 13.6 Å². The molecule has 7 nitrogen and oxygen atoms in total. The molecule has 146 valence electrons. The minimum absolute atomic E-state index is 0.0435. The molecule has 2 atom stereocenters. The van der Waals surface area contributed by atoms with Crippen molar-refractivity contribution in [2.75, 3.05) is 19.6 Å². The van der Waals surface area contributed by atoms with E-state index in [-0.39, 0.29) is 31.0 Å². The van der Waals surface area contributed by atoms with E-state index in [1.165, 1.54) is 0 Å². The van der Waals surface area contributed by atoms with Crippen LogP contribution >= 0.6 is 0 Å². The molecule has 0 saturated carbocycles. The van der Waals surface area contributed by atoms with Crippen LogP contribution in [0.5, 0.6) is 0 Å². The van der Waals surface area contributed by atoms with Gasteiger partial charge in [0.1, 0.15) is 11.6 Å². The number of rotatable bonds is 10. The van der Waals surface area contributed by atoms with Crippen molar-refractivity contribution >= 4 is 12.0 Å². The molecule has 0 heterocycles. The Hall–Kier alpha value is -2.26. The topological polar surface area (TPSA) is 111 Å². The molecular formula is C17H25F2N3O4. The second-order valence-electron chi connectivity index (χ2n) is 6.43. The summed E-state index contributed by atoms with van der Waals surface area (Å²) in [5.74, 6) is -1.52. The van der Waals surface area contributed by atoms with Crippen LogP contribution < -0.4 is 16.0 Å². The predicted molar refractivity (Wildman–Crippen MR) is 91.7 cm³/mol. The number of carbonyl (C=O) groups is 2. The largest absolute Gasteiger partial charge is 0.465 e. The SMILES string of the molecule is CC(C)CNC(=O)CNC[C@H](O)[C@H](Cc1cc(F)cc(F)c1)NC(=O)O. The minimum Gasteiger partial charge on any atom is -0.465 e. The first kappa shape index (κ1) is 21.8. The highest BCUT2D eigenvalue weighted by molar-refractivity contribution is 5.77. The van der Waals surface area contributed by atoms with E-state index < -0.39 is 29.9 Å². The average Bonchev–Trinajstić information content (AvgIpc) is 2.50. The van der Waals surface area contributed by atoms with Gasteiger partial charge in [-0.3, -0.25) is 4.79 Å². The molecule has 0 aliphatic heterocycles. The van der Waals surface area contributed by atoms with Gasteiger partial charge in [0.05, 0.1) is 18.7 Å². The van der Waals surface area contributed by atoms with Gasteiger partial charge in [-0.25, -0.2) is 13.6 Å². The van der Waals surface area contributed by atoms with Crippen molar-refractivity contribution in [1.29, 1.82) is 0 Å². The first-order chi connectivity index (χ1) is 12.2. The highest BCUT2D eigenvalue weighted by Crippen LogP contribution is 2.11. The van der Waals surface area contributed by atoms with E-state index in [0.717, 1.165) is 12.1 Å². The van der Waals surface area contributed by atoms with E-state index in [1.807, 2.05) is 13.8 Å². The molecule has 0 saturated heterocycles. The summed E-state index contributed by atoms with van der Waals surface area (Å²) in [7, 11) is 0. The summed E-state index contributed by atoms with van der Waals surface area (Å²) in [6.45, 7) is 4.32. The van der Waals surface area contributed by atoms with Gasteiger partial charge >= 0.3 is 6.09 Å². The number of carboxylic acid groups (broad SMARTS) is 1. The zero-order valence-corrected chi connectivity index (χ0v) is 14.8. The van der Waals surface area contributed by atoms with Crippen molar-refractivity contribution in [3.8, 4) is 0 Å². The minimum atomic E-state index is -1.37. The summed E-state index contributed by atoms with van der Waals surface area (Å²) in [5.41, 5.74) is 0.204. The fourth-order valence-electron chi connectivity index (χ4n) is 2.28. The molecule has 9 heteroatoms. The zero-order chi connectivity index (χ0) is 19.7. The van der Waals surface area contributed by atoms with Crippen LogP contribution in [0, 0.1) is 17.6 Å². The van der Waals surface area contributed by atoms with Crippen molar-refractivity contribution < 1.29 is 28.6 Å². The molecule has 1 rings (SSSR count). The van der Waals surface area contributed by atoms with Crippen LogP contribution in [0.15, 0.2) is 18.2 Å². The number of amides is 2. The van der Waals surface area contributed by atoms with E-state index in [2.05, 4.69) is 16.0 Å². The molecule has 26 heavy (non-hydrogen) atoms. The number of halogens is 2. The van der Waals surface area contributed by atoms with Gasteiger partial charge in [-0.15, -0.1) is 0 Å². The molecule has 1 aromatic carbocycles. The van der Waals surface area contributed by atoms with Gasteiger partial charge < -0.3 is 26.2 Å². The third kappa shape index (κ3) is 8.72. The van der Waals surface area contributed by atoms with Crippen LogP contribution in [0.25, 0.3) is 0 Å². The van der Waals surface area contributed by atoms with E-state index in [9.17, 15) is 23.5 Å². The smallest absolute Gasteiger partial charge is 0.404 e. The number of carbonyl (C=O) groups excluding carboxylic acids is 1. The quantitative estimate of drug-likeness (QED) is 0.418. The summed E-state index contributed by atoms with van der Waals surface area (Å²) in [5, 5.41) is 26.6. The van der Waals surface area contributed by atoms with Crippen molar-refractivity contribution in [2.24, 2.45) is 5.92 Å². The molecular weight excluding hydrogens is 348 g/mol. The Morgan fingerprint density at radius 3 is 2.27 bits per heavy atom. The Labute approximate surface area is 150 Å². The summed E-state index contributed by atoms with van der Waals surface area (Å²) in [6.07, 6.45) is -2.68. The van der Waals surface area contributed by atoms with Gasteiger partial charge in [0.25, 0.3) is 0 Å². The number of aliphatic hydroxyl groups excluding tert-OH is 1. The summed E-state index contributed by atoms with van der Waals surface area (Å²) in [6, 6.07) is 1.84. The standard InChI is InChI=1S/C17H25F2N3O4/c1-10(2)7-21-16(24)9-20-8-15(23)14(22-17(25)26)5-11-3-12(18)6-13(19)4-11/h3-4,6,10,14-15,20,22-23H,5,7-9H2,1-2H3,(H,21,24)(H,25,26)/t14-,15-/m0/s1. The van der Waals surface area contributed by atoms with Gasteiger partial charge in [0.2, 0.25) is 5.91 Å². The highest BCUT2D eigenvalue weighted by atomic mass is 19.1. The first-order valence-electron chi connectivity index (χ1n) is 8.27. The Bertz CT molecular complexity index is 593. The van der Waals surface area contributed by atoms with Gasteiger partial charge in [-0.2, -0.15) is 0 Å². The predicted octanol–water partition coefficient (Wildman–Crippen LogP) is 0.866. The lowest BCUT2D eigenvalue weighted by Crippen LogP contribution is -2.49. The second kappa shape index (κ2) is 10.7. The van der Waals surface area contributed by atoms with Crippen LogP contribution in [-0.2, 0) is 11.2 Å². The van der Waals surface area contributed by atoms with Crippen molar-refractivity contribution in [1.82, 2.24) is 16.0 Å². The van der Waals surface area contributed by atoms with E-state index in [0.29, 0.717) is 18.5 Å². The van der Waals surface area contributed by atoms with Crippen molar-refractivity contribution in [3.05, 3.63) is 35.4 Å². The van der Waals surface area contributed by atoms with Gasteiger partial charge in [-0.05, 0) is 30.0 Å². The van der Waals surface area contributed by atoms with Crippen LogP contribution in [-0.4, -0.2) is 54.0 Å². The molecule has 0 aliphatic carbocycles. The molecule has 1 aromatic rings. The molecule has 0 bridgehead atoms. The van der Waals surface area contributed by atoms with Gasteiger partial charge in [-0.1, -0.05) is 13.8 Å². The molecule has 0 unspecified atom stereocenters. The maximum absolute atomic E-state index is 13.3. The van der Waals surface area contributed by atoms with Crippen molar-refractivity contribution in [3.63, 3.8) is 0 Å². The lowest BCUT2D eigenvalue weighted by molar-refractivity contribution is -0.120. The molecule has 0 fully saturated rings. The maximum Gasteiger partial charge on any atom is 0.404 e. The number of hydrogen-bond acceptors (Lipinski definition) is 4. The monoisotopic (exact) mass is 373 g/mol. The van der Waals surface area contributed by atoms with Crippen LogP contribution in [0.1, 0.15) is 19.4 Å². The molecule has 0 radical (unpaired) electrons. The van der Waals surface area contributed by atoms with Gasteiger partial charge in [0.15, 0.2) is 0 Å². The van der Waals surface area contributed by atoms with E-state index in [4.69, 9.17) is 5.11 Å². The number of aliphatic hydroxyl groups is 1. The van der Waals surface area contributed by atoms with E-state index >= 15 is 0 Å². The zero-order valence-electron chi connectivity index (χ0n) is 14.8. The van der Waals surface area contributed by atoms with Crippen LogP contribution in [0.2, 0.25) is 0 Å². The molecule has 0 spiro atoms. The van der Waals surface area contributed by atoms with Gasteiger partial charge in [0, 0.05) is 19.2 Å². The Morgan fingerprint density at radius 1 is 1.12 bits per heavy atom. The fourth-order valence-corrected chi connectivity index (χ4v) is 2.28. The maximum atomic E-state index is 13.3. The summed E-state index contributed by atoms with van der Waals surface area (Å²) >= 11 is 0. The Balaban J connectivity index is 2.58. The lowest BCUT2D eigenvalue weighted by atomic mass is 10.0. The third-order valence-corrected chi connectivity index (χ3v) is 3.50. The number of benzene rings is 1. The molecule has 0 aliphatic rings. The molecule has 5 N–H and O–H groups in total. The second-order valence-corrected chi connectivity index (χ2v) is 6.43. The summed E-state index contributed by atoms with van der Waals surface area (Å²) < 4.78 is 26.5. The average molecular weight is 373 g/mol. The highest BCUT2D eigenvalue weighted by Gasteiger charge is 2.22. The molecule has 2 amide bonds. The Kier molecular flexibility index (Phi) is 8.94. The van der Waals surface area contributed by atoms with Crippen molar-refractivity contribution in [2.45, 2.75) is 32.4 Å². The third-order valence-electron chi connectivity index (χ3n) is 3.50. The van der Waals surface area contributed by atoms with Crippen LogP contribution in [0.3, 0.4) is 0 Å². The summed E-state index contributed by atoms with van der Waals surface area (Å²) in [4.78, 5) is 22.5. The fraction of sp³-hybridized carbons (Fsp3) is 0.529. The first-order valence-corrected chi connectivity index (χ1v) is 8.27. The normalized spacial score (nSPS) is 13.3. The Morgan fingerprint density at radius 2 is 1.73 bits per heavy atom. The lowest BCUT2D eigenvalue weighted by Gasteiger charge is -2.23.